The summed E-state index contributed by atoms with van der Waals surface area (Å²) in [5.74, 6) is -3.97. The fourth-order valence-electron chi connectivity index (χ4n) is 5.23. The number of pyridine rings is 1. The van der Waals surface area contributed by atoms with E-state index in [4.69, 9.17) is 21.1 Å². The molecule has 8 nitrogen and oxygen atoms in total. The van der Waals surface area contributed by atoms with Gasteiger partial charge in [0.15, 0.2) is 0 Å². The number of carbonyl (C=O) groups is 2. The van der Waals surface area contributed by atoms with E-state index in [-0.39, 0.29) is 12.5 Å². The first-order chi connectivity index (χ1) is 20.7. The minimum Gasteiger partial charge on any atom is -0.467 e. The number of nitrogens with zero attached hydrogens (tertiary/aromatic N) is 3. The lowest BCUT2D eigenvalue weighted by Gasteiger charge is -2.33. The SMILES string of the molecule is COC(=O)[C@H](Cc1ccc(-c2ccc(C#N)cc2Cl)c2ncccc12)NC(=O)c1c(F)cc(N2CCO[C@@H](C)C2)cc1F. The molecule has 11 heteroatoms. The third-order valence-corrected chi connectivity index (χ3v) is 7.64. The van der Waals surface area contributed by atoms with Crippen molar-refractivity contribution in [1.29, 1.82) is 5.26 Å². The molecule has 1 aromatic heterocycles. The van der Waals surface area contributed by atoms with Crippen molar-refractivity contribution in [3.05, 3.63) is 94.1 Å². The van der Waals surface area contributed by atoms with Gasteiger partial charge in [-0.15, -0.1) is 0 Å². The summed E-state index contributed by atoms with van der Waals surface area (Å²) in [5.41, 5.74) is 2.49. The van der Waals surface area contributed by atoms with Gasteiger partial charge in [0.25, 0.3) is 5.91 Å². The summed E-state index contributed by atoms with van der Waals surface area (Å²) in [6, 6.07) is 15.0. The number of hydrogen-bond acceptors (Lipinski definition) is 7. The van der Waals surface area contributed by atoms with Crippen molar-refractivity contribution in [3.63, 3.8) is 0 Å². The molecule has 220 valence electrons. The molecule has 0 radical (unpaired) electrons. The molecule has 1 aliphatic heterocycles. The molecule has 0 aliphatic carbocycles. The predicted molar refractivity (Wildman–Crippen MR) is 158 cm³/mol. The van der Waals surface area contributed by atoms with E-state index in [9.17, 15) is 14.9 Å². The van der Waals surface area contributed by atoms with Gasteiger partial charge in [-0.1, -0.05) is 35.9 Å². The molecule has 1 aliphatic rings. The van der Waals surface area contributed by atoms with Gasteiger partial charge in [-0.2, -0.15) is 5.26 Å². The molecule has 2 heterocycles. The molecule has 1 fully saturated rings. The van der Waals surface area contributed by atoms with Crippen molar-refractivity contribution < 1.29 is 27.8 Å². The number of halogens is 3. The molecule has 0 unspecified atom stereocenters. The average Bonchev–Trinajstić information content (AvgIpc) is 3.00. The minimum absolute atomic E-state index is 0.0466. The van der Waals surface area contributed by atoms with E-state index in [1.165, 1.54) is 0 Å². The molecule has 1 saturated heterocycles. The Morgan fingerprint density at radius 3 is 2.60 bits per heavy atom. The van der Waals surface area contributed by atoms with Gasteiger partial charge in [0.1, 0.15) is 23.2 Å². The Hall–Kier alpha value is -4.59. The van der Waals surface area contributed by atoms with Gasteiger partial charge in [-0.05, 0) is 42.8 Å². The van der Waals surface area contributed by atoms with Gasteiger partial charge < -0.3 is 19.7 Å². The maximum atomic E-state index is 15.2. The first-order valence-electron chi connectivity index (χ1n) is 13.5. The van der Waals surface area contributed by atoms with Crippen molar-refractivity contribution in [2.75, 3.05) is 31.7 Å². The smallest absolute Gasteiger partial charge is 0.328 e. The molecule has 5 rings (SSSR count). The highest BCUT2D eigenvalue weighted by molar-refractivity contribution is 6.33. The Morgan fingerprint density at radius 1 is 1.19 bits per heavy atom. The number of aromatic nitrogens is 1. The molecule has 4 aromatic rings. The Balaban J connectivity index is 1.44. The second-order valence-corrected chi connectivity index (χ2v) is 10.6. The fraction of sp³-hybridized carbons (Fsp3) is 0.250. The van der Waals surface area contributed by atoms with Crippen molar-refractivity contribution in [1.82, 2.24) is 10.3 Å². The third kappa shape index (κ3) is 6.28. The molecule has 43 heavy (non-hydrogen) atoms. The zero-order chi connectivity index (χ0) is 30.7. The molecule has 0 saturated carbocycles. The molecular formula is C32H27ClF2N4O4. The number of morpholine rings is 1. The lowest BCUT2D eigenvalue weighted by Crippen LogP contribution is -2.44. The monoisotopic (exact) mass is 604 g/mol. The predicted octanol–water partition coefficient (Wildman–Crippen LogP) is 5.44. The maximum absolute atomic E-state index is 15.2. The van der Waals surface area contributed by atoms with Crippen LogP contribution in [0.25, 0.3) is 22.0 Å². The van der Waals surface area contributed by atoms with Crippen LogP contribution in [-0.2, 0) is 20.7 Å². The Morgan fingerprint density at radius 2 is 1.93 bits per heavy atom. The highest BCUT2D eigenvalue weighted by Gasteiger charge is 2.28. The van der Waals surface area contributed by atoms with E-state index in [1.54, 1.807) is 53.6 Å². The van der Waals surface area contributed by atoms with Crippen LogP contribution in [0, 0.1) is 23.0 Å². The number of carbonyl (C=O) groups excluding carboxylic acids is 2. The van der Waals surface area contributed by atoms with Crippen LogP contribution in [0.4, 0.5) is 14.5 Å². The molecular weight excluding hydrogens is 578 g/mol. The number of fused-ring (bicyclic) bond motifs is 1. The Labute approximate surface area is 251 Å². The number of nitriles is 1. The van der Waals surface area contributed by atoms with Gasteiger partial charge in [-0.25, -0.2) is 13.6 Å². The first-order valence-corrected chi connectivity index (χ1v) is 13.9. The molecule has 0 bridgehead atoms. The van der Waals surface area contributed by atoms with Crippen LogP contribution >= 0.6 is 11.6 Å². The molecule has 1 amide bonds. The van der Waals surface area contributed by atoms with E-state index in [0.717, 1.165) is 19.2 Å². The number of methoxy groups -OCH3 is 1. The summed E-state index contributed by atoms with van der Waals surface area (Å²) in [7, 11) is 1.16. The van der Waals surface area contributed by atoms with Gasteiger partial charge in [0, 0.05) is 52.9 Å². The van der Waals surface area contributed by atoms with Gasteiger partial charge in [0.05, 0.1) is 37.0 Å². The third-order valence-electron chi connectivity index (χ3n) is 7.32. The largest absolute Gasteiger partial charge is 0.467 e. The Bertz CT molecular complexity index is 1740. The summed E-state index contributed by atoms with van der Waals surface area (Å²) in [6.07, 6.45) is 1.46. The van der Waals surface area contributed by atoms with Crippen molar-refractivity contribution >= 4 is 40.1 Å². The van der Waals surface area contributed by atoms with Crippen LogP contribution in [0.15, 0.2) is 60.8 Å². The van der Waals surface area contributed by atoms with E-state index in [0.29, 0.717) is 63.6 Å². The second kappa shape index (κ2) is 12.7. The van der Waals surface area contributed by atoms with E-state index < -0.39 is 35.1 Å². The first kappa shape index (κ1) is 29.9. The number of ether oxygens (including phenoxy) is 2. The van der Waals surface area contributed by atoms with Crippen molar-refractivity contribution in [2.45, 2.75) is 25.5 Å². The zero-order valence-corrected chi connectivity index (χ0v) is 24.1. The highest BCUT2D eigenvalue weighted by Crippen LogP contribution is 2.35. The summed E-state index contributed by atoms with van der Waals surface area (Å²) in [6.45, 7) is 3.19. The van der Waals surface area contributed by atoms with Crippen LogP contribution in [0.2, 0.25) is 5.02 Å². The minimum atomic E-state index is -1.26. The van der Waals surface area contributed by atoms with E-state index in [1.807, 2.05) is 6.92 Å². The Kier molecular flexibility index (Phi) is 8.85. The summed E-state index contributed by atoms with van der Waals surface area (Å²) in [4.78, 5) is 32.2. The van der Waals surface area contributed by atoms with Gasteiger partial charge in [0.2, 0.25) is 0 Å². The lowest BCUT2D eigenvalue weighted by molar-refractivity contribution is -0.142. The maximum Gasteiger partial charge on any atom is 0.328 e. The van der Waals surface area contributed by atoms with Crippen LogP contribution in [0.3, 0.4) is 0 Å². The van der Waals surface area contributed by atoms with E-state index >= 15 is 8.78 Å². The number of esters is 1. The van der Waals surface area contributed by atoms with Gasteiger partial charge in [-0.3, -0.25) is 9.78 Å². The van der Waals surface area contributed by atoms with Gasteiger partial charge >= 0.3 is 5.97 Å². The van der Waals surface area contributed by atoms with Crippen LogP contribution in [-0.4, -0.2) is 55.8 Å². The summed E-state index contributed by atoms with van der Waals surface area (Å²) < 4.78 is 40.7. The number of amides is 1. The van der Waals surface area contributed by atoms with E-state index in [2.05, 4.69) is 16.4 Å². The van der Waals surface area contributed by atoms with Crippen molar-refractivity contribution in [3.8, 4) is 17.2 Å². The summed E-state index contributed by atoms with van der Waals surface area (Å²) >= 11 is 6.47. The topological polar surface area (TPSA) is 105 Å². The molecule has 1 N–H and O–H groups in total. The highest BCUT2D eigenvalue weighted by atomic mass is 35.5. The average molecular weight is 605 g/mol. The molecule has 3 aromatic carbocycles. The standard InChI is InChI=1S/C32H27ClF2N4O4/c1-18-17-39(10-11-43-18)21-14-26(34)29(27(35)15-21)31(40)38-28(32(41)42-2)13-20-6-8-24(30-22(20)4-3-9-37-30)23-7-5-19(16-36)12-25(23)33/h3-9,12,14-15,18,28H,10-11,13,17H2,1-2H3,(H,38,40)/t18-,28-/m0/s1. The number of benzene rings is 3. The van der Waals surface area contributed by atoms with Crippen molar-refractivity contribution in [2.24, 2.45) is 0 Å². The molecule has 0 spiro atoms. The van der Waals surface area contributed by atoms with Crippen LogP contribution in [0.5, 0.6) is 0 Å². The lowest BCUT2D eigenvalue weighted by atomic mass is 9.94. The number of anilines is 1. The molecule has 2 atom stereocenters. The number of hydrogen-bond donors (Lipinski definition) is 1. The van der Waals surface area contributed by atoms with Crippen LogP contribution < -0.4 is 10.2 Å². The normalized spacial score (nSPS) is 15.5. The fourth-order valence-corrected chi connectivity index (χ4v) is 5.51. The number of nitrogens with one attached hydrogen (secondary N) is 1. The quantitative estimate of drug-likeness (QED) is 0.280. The zero-order valence-electron chi connectivity index (χ0n) is 23.4. The number of rotatable bonds is 7. The summed E-state index contributed by atoms with van der Waals surface area (Å²) in [5, 5.41) is 12.7. The second-order valence-electron chi connectivity index (χ2n) is 10.1. The van der Waals surface area contributed by atoms with Crippen LogP contribution in [0.1, 0.15) is 28.4 Å².